The molecule has 10 heteroatoms. The van der Waals surface area contributed by atoms with Gasteiger partial charge in [0, 0.05) is 6.42 Å². The summed E-state index contributed by atoms with van der Waals surface area (Å²) < 4.78 is 10.6. The van der Waals surface area contributed by atoms with Crippen molar-refractivity contribution in [3.63, 3.8) is 0 Å². The van der Waals surface area contributed by atoms with Gasteiger partial charge in [0.15, 0.2) is 5.78 Å². The van der Waals surface area contributed by atoms with Crippen LogP contribution in [0.15, 0.2) is 24.3 Å². The van der Waals surface area contributed by atoms with Crippen LogP contribution in [-0.2, 0) is 30.3 Å². The SMILES string of the molecule is COc1ccc(C[C@H](NC(=O)[C@@H](C)NC(=O)C[C@H](C)O)C(=O)N[C@@H](CC2CCCC2)C(=O)[C@]2(C)CO2)cc1. The highest BCUT2D eigenvalue weighted by Crippen LogP contribution is 2.33. The lowest BCUT2D eigenvalue weighted by Gasteiger charge is -2.26. The molecule has 1 aliphatic heterocycles. The number of carbonyl (C=O) groups is 4. The fourth-order valence-electron chi connectivity index (χ4n) is 4.84. The van der Waals surface area contributed by atoms with Crippen LogP contribution in [0.1, 0.15) is 64.9 Å². The molecule has 2 aliphatic rings. The van der Waals surface area contributed by atoms with Crippen LogP contribution in [0.2, 0.25) is 0 Å². The van der Waals surface area contributed by atoms with E-state index in [1.165, 1.54) is 13.8 Å². The van der Waals surface area contributed by atoms with E-state index < -0.39 is 47.6 Å². The molecule has 0 radical (unpaired) electrons. The molecular formula is C28H41N3O7. The third-order valence-electron chi connectivity index (χ3n) is 7.26. The quantitative estimate of drug-likeness (QED) is 0.266. The van der Waals surface area contributed by atoms with Crippen molar-refractivity contribution < 1.29 is 33.8 Å². The van der Waals surface area contributed by atoms with Crippen LogP contribution < -0.4 is 20.7 Å². The Morgan fingerprint density at radius 3 is 2.18 bits per heavy atom. The second kappa shape index (κ2) is 13.2. The van der Waals surface area contributed by atoms with E-state index in [4.69, 9.17) is 9.47 Å². The largest absolute Gasteiger partial charge is 0.497 e. The number of ether oxygens (including phenoxy) is 2. The normalized spacial score (nSPS) is 22.0. The Morgan fingerprint density at radius 2 is 1.63 bits per heavy atom. The Morgan fingerprint density at radius 1 is 1.03 bits per heavy atom. The zero-order valence-electron chi connectivity index (χ0n) is 22.7. The first-order chi connectivity index (χ1) is 18.0. The van der Waals surface area contributed by atoms with Crippen LogP contribution >= 0.6 is 0 Å². The van der Waals surface area contributed by atoms with E-state index in [2.05, 4.69) is 16.0 Å². The molecule has 0 spiro atoms. The van der Waals surface area contributed by atoms with Gasteiger partial charge in [-0.05, 0) is 50.8 Å². The molecule has 1 saturated heterocycles. The zero-order chi connectivity index (χ0) is 27.9. The number of nitrogens with one attached hydrogen (secondary N) is 3. The summed E-state index contributed by atoms with van der Waals surface area (Å²) in [7, 11) is 1.56. The fraction of sp³-hybridized carbons (Fsp3) is 0.643. The summed E-state index contributed by atoms with van der Waals surface area (Å²) in [6.45, 7) is 5.06. The van der Waals surface area contributed by atoms with E-state index in [1.807, 2.05) is 0 Å². The highest BCUT2D eigenvalue weighted by Gasteiger charge is 2.50. The third-order valence-corrected chi connectivity index (χ3v) is 7.26. The number of aliphatic hydroxyl groups excluding tert-OH is 1. The number of rotatable bonds is 14. The highest BCUT2D eigenvalue weighted by molar-refractivity contribution is 5.98. The molecule has 3 amide bonds. The monoisotopic (exact) mass is 531 g/mol. The number of hydrogen-bond donors (Lipinski definition) is 4. The van der Waals surface area contributed by atoms with Gasteiger partial charge in [-0.25, -0.2) is 0 Å². The van der Waals surface area contributed by atoms with Gasteiger partial charge in [0.1, 0.15) is 23.4 Å². The van der Waals surface area contributed by atoms with Gasteiger partial charge in [-0.1, -0.05) is 37.8 Å². The van der Waals surface area contributed by atoms with Crippen molar-refractivity contribution in [3.8, 4) is 5.75 Å². The van der Waals surface area contributed by atoms with Crippen molar-refractivity contribution >= 4 is 23.5 Å². The summed E-state index contributed by atoms with van der Waals surface area (Å²) in [6.07, 6.45) is 4.00. The van der Waals surface area contributed by atoms with Crippen LogP contribution in [0.5, 0.6) is 5.75 Å². The van der Waals surface area contributed by atoms with E-state index in [1.54, 1.807) is 38.3 Å². The number of hydrogen-bond acceptors (Lipinski definition) is 7. The van der Waals surface area contributed by atoms with Crippen LogP contribution in [0.25, 0.3) is 0 Å². The topological polar surface area (TPSA) is 146 Å². The minimum absolute atomic E-state index is 0.140. The molecule has 210 valence electrons. The molecule has 4 N–H and O–H groups in total. The van der Waals surface area contributed by atoms with Crippen molar-refractivity contribution in [1.29, 1.82) is 0 Å². The Balaban J connectivity index is 1.75. The van der Waals surface area contributed by atoms with Gasteiger partial charge < -0.3 is 30.5 Å². The van der Waals surface area contributed by atoms with E-state index in [0.717, 1.165) is 31.2 Å². The molecule has 1 aromatic carbocycles. The van der Waals surface area contributed by atoms with Gasteiger partial charge in [-0.2, -0.15) is 0 Å². The Hall–Kier alpha value is -2.98. The van der Waals surface area contributed by atoms with Gasteiger partial charge in [-0.15, -0.1) is 0 Å². The molecule has 10 nitrogen and oxygen atoms in total. The molecule has 1 heterocycles. The number of methoxy groups -OCH3 is 1. The summed E-state index contributed by atoms with van der Waals surface area (Å²) >= 11 is 0. The first kappa shape index (κ1) is 29.6. The standard InChI is InChI=1S/C28H41N3O7/c1-17(32)13-24(33)29-18(2)26(35)31-23(15-20-9-11-21(37-4)12-10-20)27(36)30-22(14-19-7-5-6-8-19)25(34)28(3)16-38-28/h9-12,17-19,22-23,32H,5-8,13-16H2,1-4H3,(H,29,33)(H,30,36)(H,31,35)/t17-,18+,22-,23-,28-/m0/s1. The van der Waals surface area contributed by atoms with Gasteiger partial charge in [-0.3, -0.25) is 19.2 Å². The lowest BCUT2D eigenvalue weighted by Crippen LogP contribution is -2.57. The number of epoxide rings is 1. The first-order valence-corrected chi connectivity index (χ1v) is 13.4. The van der Waals surface area contributed by atoms with Gasteiger partial charge in [0.25, 0.3) is 0 Å². The van der Waals surface area contributed by atoms with E-state index in [9.17, 15) is 24.3 Å². The summed E-state index contributed by atoms with van der Waals surface area (Å²) in [4.78, 5) is 51.8. The Bertz CT molecular complexity index is 985. The lowest BCUT2D eigenvalue weighted by molar-refractivity contribution is -0.134. The molecule has 2 fully saturated rings. The minimum Gasteiger partial charge on any atom is -0.497 e. The van der Waals surface area contributed by atoms with Crippen molar-refractivity contribution in [1.82, 2.24) is 16.0 Å². The first-order valence-electron chi connectivity index (χ1n) is 13.4. The predicted molar refractivity (Wildman–Crippen MR) is 140 cm³/mol. The van der Waals surface area contributed by atoms with Crippen LogP contribution in [0, 0.1) is 5.92 Å². The summed E-state index contributed by atoms with van der Waals surface area (Å²) in [6, 6.07) is 4.52. The second-order valence-corrected chi connectivity index (χ2v) is 10.8. The predicted octanol–water partition coefficient (Wildman–Crippen LogP) is 1.42. The maximum absolute atomic E-state index is 13.6. The number of Topliss-reactive ketones (excluding diaryl/α,β-unsaturated/α-hetero) is 1. The van der Waals surface area contributed by atoms with Crippen molar-refractivity contribution in [2.24, 2.45) is 5.92 Å². The van der Waals surface area contributed by atoms with E-state index in [0.29, 0.717) is 24.7 Å². The maximum atomic E-state index is 13.6. The van der Waals surface area contributed by atoms with Crippen LogP contribution in [0.3, 0.4) is 0 Å². The Kier molecular flexibility index (Phi) is 10.3. The second-order valence-electron chi connectivity index (χ2n) is 10.8. The van der Waals surface area contributed by atoms with Gasteiger partial charge in [0.05, 0.1) is 32.3 Å². The number of benzene rings is 1. The van der Waals surface area contributed by atoms with Crippen LogP contribution in [0.4, 0.5) is 0 Å². The van der Waals surface area contributed by atoms with Crippen molar-refractivity contribution in [3.05, 3.63) is 29.8 Å². The number of ketones is 1. The number of carbonyl (C=O) groups excluding carboxylic acids is 4. The number of amides is 3. The molecular weight excluding hydrogens is 490 g/mol. The molecule has 3 rings (SSSR count). The number of aliphatic hydroxyl groups is 1. The Labute approximate surface area is 224 Å². The molecule has 0 aromatic heterocycles. The van der Waals surface area contributed by atoms with Crippen molar-refractivity contribution in [2.45, 2.75) is 95.5 Å². The molecule has 0 bridgehead atoms. The lowest BCUT2D eigenvalue weighted by atomic mass is 9.90. The minimum atomic E-state index is -0.987. The zero-order valence-corrected chi connectivity index (χ0v) is 22.7. The molecule has 1 aromatic rings. The van der Waals surface area contributed by atoms with Gasteiger partial charge in [0.2, 0.25) is 17.7 Å². The summed E-state index contributed by atoms with van der Waals surface area (Å²) in [5.41, 5.74) is -0.0957. The van der Waals surface area contributed by atoms with Gasteiger partial charge >= 0.3 is 0 Å². The third kappa shape index (κ3) is 8.52. The molecule has 1 saturated carbocycles. The van der Waals surface area contributed by atoms with E-state index >= 15 is 0 Å². The average molecular weight is 532 g/mol. The molecule has 38 heavy (non-hydrogen) atoms. The summed E-state index contributed by atoms with van der Waals surface area (Å²) in [5, 5.41) is 17.6. The molecule has 0 unspecified atom stereocenters. The van der Waals surface area contributed by atoms with Crippen LogP contribution in [-0.4, -0.2) is 72.2 Å². The van der Waals surface area contributed by atoms with Crippen molar-refractivity contribution in [2.75, 3.05) is 13.7 Å². The average Bonchev–Trinajstić information content (AvgIpc) is 3.41. The molecule has 5 atom stereocenters. The van der Waals surface area contributed by atoms with E-state index in [-0.39, 0.29) is 18.6 Å². The highest BCUT2D eigenvalue weighted by atomic mass is 16.6. The summed E-state index contributed by atoms with van der Waals surface area (Å²) in [5.74, 6) is -0.630. The fourth-order valence-corrected chi connectivity index (χ4v) is 4.84. The molecule has 1 aliphatic carbocycles. The maximum Gasteiger partial charge on any atom is 0.243 e. The smallest absolute Gasteiger partial charge is 0.243 e.